The number of aromatic nitrogens is 2. The van der Waals surface area contributed by atoms with Gasteiger partial charge in [0.1, 0.15) is 5.82 Å². The first-order valence-electron chi connectivity index (χ1n) is 6.50. The van der Waals surface area contributed by atoms with E-state index in [9.17, 15) is 4.39 Å². The number of rotatable bonds is 4. The van der Waals surface area contributed by atoms with Crippen molar-refractivity contribution in [3.8, 4) is 11.1 Å². The van der Waals surface area contributed by atoms with Gasteiger partial charge in [0.05, 0.1) is 6.20 Å². The van der Waals surface area contributed by atoms with Crippen molar-refractivity contribution in [2.45, 2.75) is 33.4 Å². The van der Waals surface area contributed by atoms with Gasteiger partial charge in [0.15, 0.2) is 0 Å². The van der Waals surface area contributed by atoms with Crippen molar-refractivity contribution in [2.24, 2.45) is 7.05 Å². The molecule has 1 aromatic heterocycles. The van der Waals surface area contributed by atoms with Crippen molar-refractivity contribution in [3.63, 3.8) is 0 Å². The molecule has 0 atom stereocenters. The highest BCUT2D eigenvalue weighted by molar-refractivity contribution is 5.69. The lowest BCUT2D eigenvalue weighted by atomic mass is 10.00. The summed E-state index contributed by atoms with van der Waals surface area (Å²) in [7, 11) is 1.89. The molecule has 0 saturated carbocycles. The summed E-state index contributed by atoms with van der Waals surface area (Å²) in [6.07, 6.45) is 1.79. The molecule has 1 N–H and O–H groups in total. The molecule has 0 fully saturated rings. The second-order valence-corrected chi connectivity index (χ2v) is 5.10. The number of aryl methyl sites for hydroxylation is 1. The topological polar surface area (TPSA) is 29.9 Å². The van der Waals surface area contributed by atoms with Crippen LogP contribution in [-0.4, -0.2) is 15.8 Å². The fraction of sp³-hybridized carbons (Fsp3) is 0.400. The molecular weight excluding hydrogens is 241 g/mol. The second kappa shape index (κ2) is 5.53. The molecule has 0 spiro atoms. The zero-order valence-electron chi connectivity index (χ0n) is 11.9. The summed E-state index contributed by atoms with van der Waals surface area (Å²) in [6.45, 7) is 6.91. The maximum atomic E-state index is 13.5. The van der Waals surface area contributed by atoms with Crippen LogP contribution in [0, 0.1) is 12.7 Å². The van der Waals surface area contributed by atoms with E-state index in [4.69, 9.17) is 0 Å². The molecule has 0 aliphatic carbocycles. The molecule has 0 bridgehead atoms. The average molecular weight is 261 g/mol. The van der Waals surface area contributed by atoms with E-state index in [1.54, 1.807) is 16.9 Å². The Morgan fingerprint density at radius 3 is 2.63 bits per heavy atom. The van der Waals surface area contributed by atoms with E-state index in [2.05, 4.69) is 24.3 Å². The first-order chi connectivity index (χ1) is 8.99. The number of nitrogens with zero attached hydrogens (tertiary/aromatic N) is 2. The summed E-state index contributed by atoms with van der Waals surface area (Å²) < 4.78 is 15.3. The lowest BCUT2D eigenvalue weighted by Gasteiger charge is -2.13. The molecule has 0 aliphatic heterocycles. The summed E-state index contributed by atoms with van der Waals surface area (Å²) >= 11 is 0. The Labute approximate surface area is 113 Å². The predicted molar refractivity (Wildman–Crippen MR) is 75.3 cm³/mol. The highest BCUT2D eigenvalue weighted by Gasteiger charge is 2.12. The average Bonchev–Trinajstić information content (AvgIpc) is 2.68. The largest absolute Gasteiger partial charge is 0.310 e. The molecule has 0 saturated heterocycles. The van der Waals surface area contributed by atoms with Crippen LogP contribution in [0.1, 0.15) is 25.1 Å². The van der Waals surface area contributed by atoms with Crippen LogP contribution < -0.4 is 5.32 Å². The molecule has 0 radical (unpaired) electrons. The first kappa shape index (κ1) is 13.7. The lowest BCUT2D eigenvalue weighted by molar-refractivity contribution is 0.587. The minimum absolute atomic E-state index is 0.216. The Kier molecular flexibility index (Phi) is 4.00. The number of benzene rings is 1. The summed E-state index contributed by atoms with van der Waals surface area (Å²) in [5.74, 6) is -0.216. The molecule has 2 rings (SSSR count). The van der Waals surface area contributed by atoms with Crippen LogP contribution >= 0.6 is 0 Å². The van der Waals surface area contributed by atoms with Gasteiger partial charge < -0.3 is 5.32 Å². The van der Waals surface area contributed by atoms with Gasteiger partial charge in [-0.05, 0) is 30.2 Å². The van der Waals surface area contributed by atoms with Gasteiger partial charge in [-0.15, -0.1) is 0 Å². The summed E-state index contributed by atoms with van der Waals surface area (Å²) in [5.41, 5.74) is 4.03. The molecule has 0 unspecified atom stereocenters. The van der Waals surface area contributed by atoms with E-state index >= 15 is 0 Å². The Morgan fingerprint density at radius 1 is 1.32 bits per heavy atom. The fourth-order valence-electron chi connectivity index (χ4n) is 2.03. The fourth-order valence-corrected chi connectivity index (χ4v) is 2.03. The van der Waals surface area contributed by atoms with Gasteiger partial charge in [-0.2, -0.15) is 5.10 Å². The molecule has 3 nitrogen and oxygen atoms in total. The molecule has 2 aromatic rings. The monoisotopic (exact) mass is 261 g/mol. The SMILES string of the molecule is Cc1c(-c2cc(F)ccc2CNC(C)C)cnn1C. The lowest BCUT2D eigenvalue weighted by Crippen LogP contribution is -2.22. The van der Waals surface area contributed by atoms with Crippen molar-refractivity contribution < 1.29 is 4.39 Å². The minimum Gasteiger partial charge on any atom is -0.310 e. The van der Waals surface area contributed by atoms with Crippen LogP contribution in [-0.2, 0) is 13.6 Å². The van der Waals surface area contributed by atoms with Gasteiger partial charge in [-0.1, -0.05) is 19.9 Å². The zero-order valence-corrected chi connectivity index (χ0v) is 11.9. The molecule has 102 valence electrons. The summed E-state index contributed by atoms with van der Waals surface area (Å²) in [4.78, 5) is 0. The molecule has 0 amide bonds. The van der Waals surface area contributed by atoms with Crippen molar-refractivity contribution in [3.05, 3.63) is 41.5 Å². The molecule has 1 aromatic carbocycles. The minimum atomic E-state index is -0.216. The number of halogens is 1. The molecule has 4 heteroatoms. The van der Waals surface area contributed by atoms with Gasteiger partial charge >= 0.3 is 0 Å². The Bertz CT molecular complexity index is 573. The first-order valence-corrected chi connectivity index (χ1v) is 6.50. The zero-order chi connectivity index (χ0) is 14.0. The van der Waals surface area contributed by atoms with Crippen LogP contribution in [0.15, 0.2) is 24.4 Å². The van der Waals surface area contributed by atoms with Crippen molar-refractivity contribution in [2.75, 3.05) is 0 Å². The van der Waals surface area contributed by atoms with Crippen LogP contribution in [0.5, 0.6) is 0 Å². The molecule has 1 heterocycles. The third-order valence-corrected chi connectivity index (χ3v) is 3.30. The molecule has 19 heavy (non-hydrogen) atoms. The van der Waals surface area contributed by atoms with E-state index in [1.165, 1.54) is 6.07 Å². The maximum absolute atomic E-state index is 13.5. The normalized spacial score (nSPS) is 11.3. The molecule has 0 aliphatic rings. The third kappa shape index (κ3) is 3.01. The number of hydrogen-bond donors (Lipinski definition) is 1. The van der Waals surface area contributed by atoms with E-state index in [0.29, 0.717) is 6.04 Å². The highest BCUT2D eigenvalue weighted by Crippen LogP contribution is 2.27. The van der Waals surface area contributed by atoms with Gasteiger partial charge in [0.25, 0.3) is 0 Å². The van der Waals surface area contributed by atoms with E-state index in [-0.39, 0.29) is 5.82 Å². The summed E-state index contributed by atoms with van der Waals surface area (Å²) in [5, 5.41) is 7.60. The van der Waals surface area contributed by atoms with Gasteiger partial charge in [0.2, 0.25) is 0 Å². The van der Waals surface area contributed by atoms with Crippen molar-refractivity contribution in [1.29, 1.82) is 0 Å². The smallest absolute Gasteiger partial charge is 0.123 e. The number of nitrogens with one attached hydrogen (secondary N) is 1. The Hall–Kier alpha value is -1.68. The standard InChI is InChI=1S/C15H20FN3/c1-10(2)17-8-12-5-6-13(16)7-14(12)15-9-18-19(4)11(15)3/h5-7,9-10,17H,8H2,1-4H3. The maximum Gasteiger partial charge on any atom is 0.123 e. The number of hydrogen-bond acceptors (Lipinski definition) is 2. The van der Waals surface area contributed by atoms with Crippen LogP contribution in [0.3, 0.4) is 0 Å². The van der Waals surface area contributed by atoms with Crippen LogP contribution in [0.2, 0.25) is 0 Å². The van der Waals surface area contributed by atoms with Gasteiger partial charge in [-0.25, -0.2) is 4.39 Å². The third-order valence-electron chi connectivity index (χ3n) is 3.30. The highest BCUT2D eigenvalue weighted by atomic mass is 19.1. The quantitative estimate of drug-likeness (QED) is 0.916. The predicted octanol–water partition coefficient (Wildman–Crippen LogP) is 3.03. The van der Waals surface area contributed by atoms with Crippen molar-refractivity contribution in [1.82, 2.24) is 15.1 Å². The van der Waals surface area contributed by atoms with Gasteiger partial charge in [-0.3, -0.25) is 4.68 Å². The van der Waals surface area contributed by atoms with Crippen LogP contribution in [0.25, 0.3) is 11.1 Å². The summed E-state index contributed by atoms with van der Waals surface area (Å²) in [6, 6.07) is 5.33. The van der Waals surface area contributed by atoms with E-state index < -0.39 is 0 Å². The van der Waals surface area contributed by atoms with Crippen molar-refractivity contribution >= 4 is 0 Å². The second-order valence-electron chi connectivity index (χ2n) is 5.10. The molecular formula is C15H20FN3. The van der Waals surface area contributed by atoms with Crippen LogP contribution in [0.4, 0.5) is 4.39 Å². The van der Waals surface area contributed by atoms with E-state index in [0.717, 1.165) is 28.9 Å². The Morgan fingerprint density at radius 2 is 2.05 bits per heavy atom. The van der Waals surface area contributed by atoms with Gasteiger partial charge in [0, 0.05) is 30.9 Å². The van der Waals surface area contributed by atoms with E-state index in [1.807, 2.05) is 20.0 Å². The Balaban J connectivity index is 2.42.